The highest BCUT2D eigenvalue weighted by atomic mass is 32.2. The lowest BCUT2D eigenvalue weighted by Gasteiger charge is -2.07. The maximum Gasteiger partial charge on any atom is 0.271 e. The summed E-state index contributed by atoms with van der Waals surface area (Å²) < 4.78 is 25.9. The summed E-state index contributed by atoms with van der Waals surface area (Å²) in [6.07, 6.45) is 5.67. The fraction of sp³-hybridized carbons (Fsp3) is 0. The highest BCUT2D eigenvalue weighted by Gasteiger charge is 2.19. The van der Waals surface area contributed by atoms with Crippen molar-refractivity contribution in [2.24, 2.45) is 0 Å². The van der Waals surface area contributed by atoms with Gasteiger partial charge < -0.3 is 0 Å². The number of fused-ring (bicyclic) bond motifs is 1. The number of pyridine rings is 1. The molecule has 0 aliphatic carbocycles. The molecule has 0 unspecified atom stereocenters. The number of aromatic nitrogens is 3. The molecule has 2 heterocycles. The Kier molecular flexibility index (Phi) is 2.38. The Balaban J connectivity index is 2.34. The molecule has 0 saturated heterocycles. The van der Waals surface area contributed by atoms with E-state index >= 15 is 0 Å². The summed E-state index contributed by atoms with van der Waals surface area (Å²) in [5.41, 5.74) is 0.466. The summed E-state index contributed by atoms with van der Waals surface area (Å²) in [4.78, 5) is 8.08. The second-order valence-corrected chi connectivity index (χ2v) is 5.54. The first-order valence-electron chi connectivity index (χ1n) is 5.27. The van der Waals surface area contributed by atoms with Gasteiger partial charge in [0, 0.05) is 24.0 Å². The summed E-state index contributed by atoms with van der Waals surface area (Å²) >= 11 is 0. The van der Waals surface area contributed by atoms with E-state index < -0.39 is 10.0 Å². The Morgan fingerprint density at radius 1 is 1.06 bits per heavy atom. The number of nitrogens with zero attached hydrogens (tertiary/aromatic N) is 3. The van der Waals surface area contributed by atoms with Crippen molar-refractivity contribution < 1.29 is 8.42 Å². The first-order chi connectivity index (χ1) is 8.69. The molecule has 0 saturated carbocycles. The molecule has 2 aromatic heterocycles. The van der Waals surface area contributed by atoms with Crippen molar-refractivity contribution in [2.75, 3.05) is 0 Å². The zero-order chi connectivity index (χ0) is 12.6. The Bertz CT molecular complexity index is 790. The van der Waals surface area contributed by atoms with Crippen molar-refractivity contribution in [1.29, 1.82) is 0 Å². The molecule has 18 heavy (non-hydrogen) atoms. The maximum absolute atomic E-state index is 12.4. The van der Waals surface area contributed by atoms with Gasteiger partial charge in [-0.3, -0.25) is 4.98 Å². The van der Waals surface area contributed by atoms with Crippen LogP contribution < -0.4 is 0 Å². The molecule has 1 aromatic carbocycles. The van der Waals surface area contributed by atoms with Crippen LogP contribution in [0.3, 0.4) is 0 Å². The number of rotatable bonds is 2. The van der Waals surface area contributed by atoms with E-state index in [1.165, 1.54) is 18.7 Å². The normalized spacial score (nSPS) is 11.8. The topological polar surface area (TPSA) is 64.8 Å². The lowest BCUT2D eigenvalue weighted by molar-refractivity contribution is 0.588. The van der Waals surface area contributed by atoms with Crippen molar-refractivity contribution in [3.8, 4) is 0 Å². The second-order valence-electron chi connectivity index (χ2n) is 3.73. The van der Waals surface area contributed by atoms with Gasteiger partial charge in [-0.15, -0.1) is 0 Å². The van der Waals surface area contributed by atoms with Crippen molar-refractivity contribution in [2.45, 2.75) is 4.90 Å². The molecule has 0 radical (unpaired) electrons. The van der Waals surface area contributed by atoms with Gasteiger partial charge in [0.25, 0.3) is 10.0 Å². The molecular formula is C12H9N3O2S. The number of para-hydroxylation sites is 1. The minimum absolute atomic E-state index is 0.179. The molecule has 0 bridgehead atoms. The Labute approximate surface area is 104 Å². The van der Waals surface area contributed by atoms with Crippen molar-refractivity contribution in [1.82, 2.24) is 13.9 Å². The van der Waals surface area contributed by atoms with E-state index in [9.17, 15) is 8.42 Å². The predicted molar refractivity (Wildman–Crippen MR) is 66.6 cm³/mol. The standard InChI is InChI=1S/C12H9N3O2S/c16-18(17,15-8-7-13-9-15)11-5-1-3-10-4-2-6-14-12(10)11/h1-9H. The van der Waals surface area contributed by atoms with Gasteiger partial charge in [0.05, 0.1) is 5.52 Å². The summed E-state index contributed by atoms with van der Waals surface area (Å²) in [6, 6.07) is 8.68. The van der Waals surface area contributed by atoms with Crippen LogP contribution >= 0.6 is 0 Å². The lowest BCUT2D eigenvalue weighted by atomic mass is 10.2. The summed E-state index contributed by atoms with van der Waals surface area (Å²) in [6.45, 7) is 0. The van der Waals surface area contributed by atoms with Gasteiger partial charge in [-0.1, -0.05) is 18.2 Å². The molecule has 3 aromatic rings. The van der Waals surface area contributed by atoms with Gasteiger partial charge in [-0.25, -0.2) is 17.4 Å². The third-order valence-corrected chi connectivity index (χ3v) is 4.29. The number of imidazole rings is 1. The van der Waals surface area contributed by atoms with E-state index in [-0.39, 0.29) is 4.90 Å². The van der Waals surface area contributed by atoms with E-state index in [0.717, 1.165) is 9.36 Å². The molecule has 3 rings (SSSR count). The molecule has 5 nitrogen and oxygen atoms in total. The Morgan fingerprint density at radius 3 is 2.67 bits per heavy atom. The second kappa shape index (κ2) is 3.92. The Hall–Kier alpha value is -2.21. The average Bonchev–Trinajstić information content (AvgIpc) is 2.92. The minimum Gasteiger partial charge on any atom is -0.255 e. The molecule has 0 aliphatic heterocycles. The number of hydrogen-bond donors (Lipinski definition) is 0. The molecule has 90 valence electrons. The van der Waals surface area contributed by atoms with E-state index in [1.54, 1.807) is 24.4 Å². The van der Waals surface area contributed by atoms with Crippen molar-refractivity contribution in [3.63, 3.8) is 0 Å². The zero-order valence-electron chi connectivity index (χ0n) is 9.26. The molecule has 0 aliphatic rings. The van der Waals surface area contributed by atoms with Crippen LogP contribution in [0.1, 0.15) is 0 Å². The fourth-order valence-electron chi connectivity index (χ4n) is 1.79. The van der Waals surface area contributed by atoms with E-state index in [1.807, 2.05) is 12.1 Å². The van der Waals surface area contributed by atoms with Gasteiger partial charge in [-0.2, -0.15) is 0 Å². The van der Waals surface area contributed by atoms with Crippen LogP contribution in [-0.4, -0.2) is 22.4 Å². The quantitative estimate of drug-likeness (QED) is 0.702. The monoisotopic (exact) mass is 259 g/mol. The zero-order valence-corrected chi connectivity index (χ0v) is 10.1. The molecule has 6 heteroatoms. The van der Waals surface area contributed by atoms with Crippen LogP contribution in [-0.2, 0) is 10.0 Å². The molecular weight excluding hydrogens is 250 g/mol. The first kappa shape index (κ1) is 10.9. The van der Waals surface area contributed by atoms with Gasteiger partial charge in [-0.05, 0) is 12.1 Å². The highest BCUT2D eigenvalue weighted by molar-refractivity contribution is 7.90. The fourth-order valence-corrected chi connectivity index (χ4v) is 3.07. The smallest absolute Gasteiger partial charge is 0.255 e. The van der Waals surface area contributed by atoms with Crippen molar-refractivity contribution >= 4 is 20.9 Å². The first-order valence-corrected chi connectivity index (χ1v) is 6.71. The third kappa shape index (κ3) is 1.58. The molecule has 0 N–H and O–H groups in total. The predicted octanol–water partition coefficient (Wildman–Crippen LogP) is 1.67. The SMILES string of the molecule is O=S(=O)(c1cccc2cccnc12)n1ccnc1. The van der Waals surface area contributed by atoms with Gasteiger partial charge in [0.15, 0.2) is 0 Å². The largest absolute Gasteiger partial charge is 0.271 e. The lowest BCUT2D eigenvalue weighted by Crippen LogP contribution is -2.11. The van der Waals surface area contributed by atoms with Gasteiger partial charge >= 0.3 is 0 Å². The van der Waals surface area contributed by atoms with Crippen LogP contribution in [0.25, 0.3) is 10.9 Å². The Morgan fingerprint density at radius 2 is 1.89 bits per heavy atom. The van der Waals surface area contributed by atoms with Gasteiger partial charge in [0.1, 0.15) is 11.2 Å². The summed E-state index contributed by atoms with van der Waals surface area (Å²) in [7, 11) is -3.63. The van der Waals surface area contributed by atoms with Gasteiger partial charge in [0.2, 0.25) is 0 Å². The molecule has 0 spiro atoms. The van der Waals surface area contributed by atoms with E-state index in [0.29, 0.717) is 5.52 Å². The molecule has 0 atom stereocenters. The highest BCUT2D eigenvalue weighted by Crippen LogP contribution is 2.22. The summed E-state index contributed by atoms with van der Waals surface area (Å²) in [5.74, 6) is 0. The maximum atomic E-state index is 12.4. The molecule has 0 fully saturated rings. The number of benzene rings is 1. The number of hydrogen-bond acceptors (Lipinski definition) is 4. The third-order valence-electron chi connectivity index (χ3n) is 2.63. The van der Waals surface area contributed by atoms with E-state index in [4.69, 9.17) is 0 Å². The van der Waals surface area contributed by atoms with Crippen LogP contribution in [0.4, 0.5) is 0 Å². The molecule has 0 amide bonds. The average molecular weight is 259 g/mol. The summed E-state index contributed by atoms with van der Waals surface area (Å²) in [5, 5.41) is 0.790. The van der Waals surface area contributed by atoms with E-state index in [2.05, 4.69) is 9.97 Å². The van der Waals surface area contributed by atoms with Crippen molar-refractivity contribution in [3.05, 3.63) is 55.2 Å². The van der Waals surface area contributed by atoms with Crippen LogP contribution in [0.15, 0.2) is 60.1 Å². The van der Waals surface area contributed by atoms with Crippen LogP contribution in [0.2, 0.25) is 0 Å². The van der Waals surface area contributed by atoms with Crippen LogP contribution in [0, 0.1) is 0 Å². The minimum atomic E-state index is -3.63. The van der Waals surface area contributed by atoms with Crippen LogP contribution in [0.5, 0.6) is 0 Å².